The standard InChI is InChI=1S/C16H12O4/c17-14(12-7-3-1-4-8-12)11-15(18)16(19)20-13-9-5-2-6-10-13/h1-10H,11H2. The molecule has 0 aliphatic carbocycles. The average molecular weight is 268 g/mol. The molecule has 0 radical (unpaired) electrons. The van der Waals surface area contributed by atoms with E-state index in [1.54, 1.807) is 60.7 Å². The van der Waals surface area contributed by atoms with Crippen molar-refractivity contribution < 1.29 is 19.1 Å². The molecule has 0 atom stereocenters. The van der Waals surface area contributed by atoms with E-state index in [1.165, 1.54) is 0 Å². The van der Waals surface area contributed by atoms with E-state index < -0.39 is 24.0 Å². The lowest BCUT2D eigenvalue weighted by Crippen LogP contribution is -2.23. The fourth-order valence-corrected chi connectivity index (χ4v) is 1.60. The van der Waals surface area contributed by atoms with Gasteiger partial charge in [0.15, 0.2) is 5.78 Å². The summed E-state index contributed by atoms with van der Waals surface area (Å²) < 4.78 is 4.87. The summed E-state index contributed by atoms with van der Waals surface area (Å²) >= 11 is 0. The molecule has 20 heavy (non-hydrogen) atoms. The monoisotopic (exact) mass is 268 g/mol. The van der Waals surface area contributed by atoms with E-state index in [0.717, 1.165) is 0 Å². The molecule has 0 aliphatic heterocycles. The van der Waals surface area contributed by atoms with E-state index in [9.17, 15) is 14.4 Å². The molecule has 0 saturated carbocycles. The molecule has 0 fully saturated rings. The first kappa shape index (κ1) is 13.7. The number of Topliss-reactive ketones (excluding diaryl/α,β-unsaturated/α-hetero) is 2. The highest BCUT2D eigenvalue weighted by Gasteiger charge is 2.20. The molecular weight excluding hydrogens is 256 g/mol. The van der Waals surface area contributed by atoms with Crippen LogP contribution in [0.1, 0.15) is 16.8 Å². The van der Waals surface area contributed by atoms with Gasteiger partial charge < -0.3 is 4.74 Å². The Labute approximate surface area is 116 Å². The summed E-state index contributed by atoms with van der Waals surface area (Å²) in [6.07, 6.45) is -0.490. The third-order valence-electron chi connectivity index (χ3n) is 2.60. The van der Waals surface area contributed by atoms with E-state index in [1.807, 2.05) is 0 Å². The number of esters is 1. The highest BCUT2D eigenvalue weighted by Crippen LogP contribution is 2.10. The number of para-hydroxylation sites is 1. The highest BCUT2D eigenvalue weighted by atomic mass is 16.5. The smallest absolute Gasteiger partial charge is 0.380 e. The van der Waals surface area contributed by atoms with Gasteiger partial charge in [-0.25, -0.2) is 4.79 Å². The van der Waals surface area contributed by atoms with Gasteiger partial charge in [0.2, 0.25) is 5.78 Å². The molecule has 0 heterocycles. The van der Waals surface area contributed by atoms with E-state index in [4.69, 9.17) is 4.74 Å². The van der Waals surface area contributed by atoms with Crippen molar-refractivity contribution in [3.8, 4) is 5.75 Å². The van der Waals surface area contributed by atoms with Crippen LogP contribution in [0.15, 0.2) is 60.7 Å². The van der Waals surface area contributed by atoms with Crippen LogP contribution in [0.4, 0.5) is 0 Å². The van der Waals surface area contributed by atoms with Gasteiger partial charge in [-0.2, -0.15) is 0 Å². The summed E-state index contributed by atoms with van der Waals surface area (Å²) in [6.45, 7) is 0. The molecule has 0 aromatic heterocycles. The molecule has 0 unspecified atom stereocenters. The molecular formula is C16H12O4. The lowest BCUT2D eigenvalue weighted by molar-refractivity contribution is -0.146. The molecule has 0 amide bonds. The Bertz CT molecular complexity index is 617. The number of ether oxygens (including phenoxy) is 1. The Hall–Kier alpha value is -2.75. The van der Waals surface area contributed by atoms with E-state index in [-0.39, 0.29) is 5.75 Å². The number of hydrogen-bond donors (Lipinski definition) is 0. The molecule has 0 saturated heterocycles. The first-order valence-corrected chi connectivity index (χ1v) is 6.05. The molecule has 0 spiro atoms. The fourth-order valence-electron chi connectivity index (χ4n) is 1.60. The summed E-state index contributed by atoms with van der Waals surface area (Å²) in [6, 6.07) is 16.6. The van der Waals surface area contributed by atoms with Gasteiger partial charge in [-0.3, -0.25) is 9.59 Å². The zero-order valence-electron chi connectivity index (χ0n) is 10.6. The molecule has 2 rings (SSSR count). The number of ketones is 2. The minimum Gasteiger partial charge on any atom is -0.421 e. The minimum absolute atomic E-state index is 0.276. The van der Waals surface area contributed by atoms with E-state index >= 15 is 0 Å². The number of carbonyl (C=O) groups is 3. The van der Waals surface area contributed by atoms with Crippen LogP contribution in [0.25, 0.3) is 0 Å². The van der Waals surface area contributed by atoms with Gasteiger partial charge in [0.1, 0.15) is 5.75 Å². The van der Waals surface area contributed by atoms with Crippen molar-refractivity contribution in [1.29, 1.82) is 0 Å². The molecule has 2 aromatic carbocycles. The van der Waals surface area contributed by atoms with Crippen LogP contribution >= 0.6 is 0 Å². The third-order valence-corrected chi connectivity index (χ3v) is 2.60. The predicted molar refractivity (Wildman–Crippen MR) is 72.5 cm³/mol. The fraction of sp³-hybridized carbons (Fsp3) is 0.0625. The quantitative estimate of drug-likeness (QED) is 0.275. The molecule has 2 aromatic rings. The van der Waals surface area contributed by atoms with Crippen LogP contribution in [0.3, 0.4) is 0 Å². The first-order valence-electron chi connectivity index (χ1n) is 6.05. The largest absolute Gasteiger partial charge is 0.421 e. The maximum atomic E-state index is 11.8. The molecule has 0 aliphatic rings. The Morgan fingerprint density at radius 3 is 1.95 bits per heavy atom. The summed E-state index contributed by atoms with van der Waals surface area (Å²) in [5.41, 5.74) is 0.397. The van der Waals surface area contributed by atoms with Gasteiger partial charge in [-0.15, -0.1) is 0 Å². The SMILES string of the molecule is O=C(CC(=O)c1ccccc1)C(=O)Oc1ccccc1. The van der Waals surface area contributed by atoms with Gasteiger partial charge in [0, 0.05) is 5.56 Å². The predicted octanol–water partition coefficient (Wildman–Crippen LogP) is 2.43. The Balaban J connectivity index is 1.95. The number of carbonyl (C=O) groups excluding carboxylic acids is 3. The van der Waals surface area contributed by atoms with Crippen molar-refractivity contribution in [2.45, 2.75) is 6.42 Å². The molecule has 0 bridgehead atoms. The second-order valence-corrected chi connectivity index (χ2v) is 4.09. The Kier molecular flexibility index (Phi) is 4.39. The van der Waals surface area contributed by atoms with Crippen molar-refractivity contribution >= 4 is 17.5 Å². The van der Waals surface area contributed by atoms with Gasteiger partial charge in [-0.05, 0) is 12.1 Å². The number of rotatable bonds is 5. The minimum atomic E-state index is -1.03. The third kappa shape index (κ3) is 3.62. The summed E-state index contributed by atoms with van der Waals surface area (Å²) in [7, 11) is 0. The lowest BCUT2D eigenvalue weighted by atomic mass is 10.1. The maximum Gasteiger partial charge on any atom is 0.380 e. The topological polar surface area (TPSA) is 60.4 Å². The van der Waals surface area contributed by atoms with Gasteiger partial charge in [0.05, 0.1) is 6.42 Å². The molecule has 0 N–H and O–H groups in total. The van der Waals surface area contributed by atoms with Crippen molar-refractivity contribution in [3.63, 3.8) is 0 Å². The summed E-state index contributed by atoms with van der Waals surface area (Å²) in [4.78, 5) is 35.0. The van der Waals surface area contributed by atoms with Crippen molar-refractivity contribution in [3.05, 3.63) is 66.2 Å². The van der Waals surface area contributed by atoms with E-state index in [0.29, 0.717) is 5.56 Å². The van der Waals surface area contributed by atoms with Crippen LogP contribution < -0.4 is 4.74 Å². The van der Waals surface area contributed by atoms with Gasteiger partial charge in [0.25, 0.3) is 0 Å². The normalized spacial score (nSPS) is 9.80. The summed E-state index contributed by atoms with van der Waals surface area (Å²) in [5, 5.41) is 0. The van der Waals surface area contributed by atoms with E-state index in [2.05, 4.69) is 0 Å². The van der Waals surface area contributed by atoms with Crippen LogP contribution in [0.5, 0.6) is 5.75 Å². The second kappa shape index (κ2) is 6.43. The van der Waals surface area contributed by atoms with Crippen LogP contribution in [-0.2, 0) is 9.59 Å². The maximum absolute atomic E-state index is 11.8. The zero-order chi connectivity index (χ0) is 14.4. The first-order chi connectivity index (χ1) is 9.66. The zero-order valence-corrected chi connectivity index (χ0v) is 10.6. The average Bonchev–Trinajstić information content (AvgIpc) is 2.49. The molecule has 4 nitrogen and oxygen atoms in total. The van der Waals surface area contributed by atoms with Gasteiger partial charge >= 0.3 is 5.97 Å². The van der Waals surface area contributed by atoms with Crippen molar-refractivity contribution in [2.24, 2.45) is 0 Å². The Morgan fingerprint density at radius 2 is 1.35 bits per heavy atom. The van der Waals surface area contributed by atoms with Gasteiger partial charge in [-0.1, -0.05) is 48.5 Å². The van der Waals surface area contributed by atoms with Crippen LogP contribution in [0.2, 0.25) is 0 Å². The van der Waals surface area contributed by atoms with Crippen molar-refractivity contribution in [2.75, 3.05) is 0 Å². The summed E-state index contributed by atoms with van der Waals surface area (Å²) in [5.74, 6) is -2.01. The van der Waals surface area contributed by atoms with Crippen LogP contribution in [-0.4, -0.2) is 17.5 Å². The van der Waals surface area contributed by atoms with Crippen LogP contribution in [0, 0.1) is 0 Å². The number of hydrogen-bond acceptors (Lipinski definition) is 4. The van der Waals surface area contributed by atoms with Crippen molar-refractivity contribution in [1.82, 2.24) is 0 Å². The lowest BCUT2D eigenvalue weighted by Gasteiger charge is -2.03. The second-order valence-electron chi connectivity index (χ2n) is 4.09. The molecule has 100 valence electrons. The molecule has 4 heteroatoms. The number of benzene rings is 2. The Morgan fingerprint density at radius 1 is 0.800 bits per heavy atom. The highest BCUT2D eigenvalue weighted by molar-refractivity contribution is 6.38.